The van der Waals surface area contributed by atoms with E-state index in [1.165, 1.54) is 19.2 Å². The van der Waals surface area contributed by atoms with Gasteiger partial charge in [0.05, 0.1) is 18.4 Å². The molecule has 0 aromatic heterocycles. The van der Waals surface area contributed by atoms with Gasteiger partial charge in [0.15, 0.2) is 0 Å². The maximum Gasteiger partial charge on any atom is 0.343 e. The Morgan fingerprint density at radius 1 is 0.848 bits per heavy atom. The van der Waals surface area contributed by atoms with E-state index < -0.39 is 23.6 Å². The number of methoxy groups -OCH3 is 1. The number of rotatable bonds is 6. The Labute approximate surface area is 189 Å². The summed E-state index contributed by atoms with van der Waals surface area (Å²) in [4.78, 5) is 36.1. The Balaban J connectivity index is 1.56. The van der Waals surface area contributed by atoms with Crippen molar-refractivity contribution in [2.75, 3.05) is 12.4 Å². The van der Waals surface area contributed by atoms with Crippen LogP contribution < -0.4 is 20.2 Å². The molecule has 0 atom stereocenters. The number of nitrogens with one attached hydrogen (secondary N) is 2. The van der Waals surface area contributed by atoms with Crippen molar-refractivity contribution in [3.8, 4) is 11.5 Å². The highest BCUT2D eigenvalue weighted by molar-refractivity contribution is 6.39. The fraction of sp³-hybridized carbons (Fsp3) is 0.0833. The molecule has 0 aliphatic heterocycles. The summed E-state index contributed by atoms with van der Waals surface area (Å²) in [5, 5.41) is 6.24. The SMILES string of the molecule is COc1cccc(C(=O)Oc2ccc(/C(C)=N/NC(=O)C(=O)Nc3ccc(F)cc3)cc2)c1. The number of esters is 1. The number of anilines is 1. The number of hydrazone groups is 1. The molecule has 0 saturated heterocycles. The van der Waals surface area contributed by atoms with Gasteiger partial charge in [-0.25, -0.2) is 14.6 Å². The zero-order valence-corrected chi connectivity index (χ0v) is 17.8. The predicted octanol–water partition coefficient (Wildman–Crippen LogP) is 3.53. The third-order valence-corrected chi connectivity index (χ3v) is 4.42. The number of hydrogen-bond donors (Lipinski definition) is 2. The lowest BCUT2D eigenvalue weighted by molar-refractivity contribution is -0.136. The normalized spacial score (nSPS) is 10.8. The Hall–Kier alpha value is -4.53. The predicted molar refractivity (Wildman–Crippen MR) is 120 cm³/mol. The zero-order chi connectivity index (χ0) is 23.8. The van der Waals surface area contributed by atoms with Gasteiger partial charge >= 0.3 is 17.8 Å². The van der Waals surface area contributed by atoms with Gasteiger partial charge in [0.1, 0.15) is 17.3 Å². The second-order valence-corrected chi connectivity index (χ2v) is 6.75. The van der Waals surface area contributed by atoms with E-state index in [-0.39, 0.29) is 5.69 Å². The number of carbonyl (C=O) groups excluding carboxylic acids is 3. The van der Waals surface area contributed by atoms with Crippen molar-refractivity contribution in [3.63, 3.8) is 0 Å². The van der Waals surface area contributed by atoms with Crippen LogP contribution >= 0.6 is 0 Å². The fourth-order valence-corrected chi connectivity index (χ4v) is 2.65. The van der Waals surface area contributed by atoms with Gasteiger partial charge in [-0.1, -0.05) is 6.07 Å². The summed E-state index contributed by atoms with van der Waals surface area (Å²) >= 11 is 0. The molecule has 2 N–H and O–H groups in total. The minimum Gasteiger partial charge on any atom is -0.497 e. The molecule has 0 fully saturated rings. The van der Waals surface area contributed by atoms with Crippen LogP contribution in [0.5, 0.6) is 11.5 Å². The molecule has 33 heavy (non-hydrogen) atoms. The molecule has 0 aliphatic rings. The van der Waals surface area contributed by atoms with Crippen molar-refractivity contribution in [3.05, 3.63) is 89.7 Å². The Bertz CT molecular complexity index is 1190. The van der Waals surface area contributed by atoms with E-state index in [0.717, 1.165) is 12.1 Å². The highest BCUT2D eigenvalue weighted by atomic mass is 19.1. The molecule has 3 rings (SSSR count). The first kappa shape index (κ1) is 23.1. The largest absolute Gasteiger partial charge is 0.497 e. The molecule has 0 radical (unpaired) electrons. The average Bonchev–Trinajstić information content (AvgIpc) is 2.84. The molecule has 0 heterocycles. The van der Waals surface area contributed by atoms with Crippen LogP contribution in [0.4, 0.5) is 10.1 Å². The summed E-state index contributed by atoms with van der Waals surface area (Å²) in [5.41, 5.74) is 3.83. The van der Waals surface area contributed by atoms with Crippen molar-refractivity contribution < 1.29 is 28.2 Å². The van der Waals surface area contributed by atoms with Crippen LogP contribution in [0, 0.1) is 5.82 Å². The van der Waals surface area contributed by atoms with Crippen LogP contribution in [-0.4, -0.2) is 30.6 Å². The topological polar surface area (TPSA) is 106 Å². The standard InChI is InChI=1S/C24H20FN3O5/c1-15(27-28-23(30)22(29)26-19-10-8-18(25)9-11-19)16-6-12-20(13-7-16)33-24(31)17-4-3-5-21(14-17)32-2/h3-14H,1-2H3,(H,26,29)(H,28,30)/b27-15+. The van der Waals surface area contributed by atoms with Crippen molar-refractivity contribution in [1.82, 2.24) is 5.43 Å². The summed E-state index contributed by atoms with van der Waals surface area (Å²) in [6, 6.07) is 18.0. The van der Waals surface area contributed by atoms with E-state index in [1.807, 2.05) is 0 Å². The van der Waals surface area contributed by atoms with E-state index in [1.54, 1.807) is 55.5 Å². The van der Waals surface area contributed by atoms with Crippen LogP contribution in [0.1, 0.15) is 22.8 Å². The number of amides is 2. The van der Waals surface area contributed by atoms with Crippen LogP contribution in [0.25, 0.3) is 0 Å². The second kappa shape index (κ2) is 10.7. The van der Waals surface area contributed by atoms with Gasteiger partial charge in [-0.15, -0.1) is 0 Å². The average molecular weight is 449 g/mol. The molecular formula is C24H20FN3O5. The van der Waals surface area contributed by atoms with E-state index >= 15 is 0 Å². The third-order valence-electron chi connectivity index (χ3n) is 4.42. The number of hydrogen-bond acceptors (Lipinski definition) is 6. The van der Waals surface area contributed by atoms with Crippen LogP contribution in [0.3, 0.4) is 0 Å². The van der Waals surface area contributed by atoms with Crippen LogP contribution in [-0.2, 0) is 9.59 Å². The van der Waals surface area contributed by atoms with Gasteiger partial charge in [-0.3, -0.25) is 9.59 Å². The summed E-state index contributed by atoms with van der Waals surface area (Å²) in [6.07, 6.45) is 0. The van der Waals surface area contributed by atoms with Gasteiger partial charge < -0.3 is 14.8 Å². The lowest BCUT2D eigenvalue weighted by Gasteiger charge is -2.07. The molecule has 168 valence electrons. The van der Waals surface area contributed by atoms with Crippen molar-refractivity contribution in [2.45, 2.75) is 6.92 Å². The quantitative estimate of drug-likeness (QED) is 0.197. The summed E-state index contributed by atoms with van der Waals surface area (Å²) < 4.78 is 23.4. The molecule has 9 heteroatoms. The minimum atomic E-state index is -0.984. The van der Waals surface area contributed by atoms with Gasteiger partial charge in [0.2, 0.25) is 0 Å². The first-order valence-corrected chi connectivity index (χ1v) is 9.73. The lowest BCUT2D eigenvalue weighted by atomic mass is 10.1. The Morgan fingerprint density at radius 2 is 1.55 bits per heavy atom. The maximum atomic E-state index is 12.9. The van der Waals surface area contributed by atoms with Crippen LogP contribution in [0.2, 0.25) is 0 Å². The van der Waals surface area contributed by atoms with E-state index in [2.05, 4.69) is 15.8 Å². The molecule has 3 aromatic rings. The molecule has 3 aromatic carbocycles. The molecule has 0 saturated carbocycles. The van der Waals surface area contributed by atoms with E-state index in [4.69, 9.17) is 9.47 Å². The minimum absolute atomic E-state index is 0.274. The first-order chi connectivity index (χ1) is 15.9. The van der Waals surface area contributed by atoms with Crippen molar-refractivity contribution in [1.29, 1.82) is 0 Å². The highest BCUT2D eigenvalue weighted by Crippen LogP contribution is 2.17. The number of ether oxygens (including phenoxy) is 2. The number of carbonyl (C=O) groups is 3. The highest BCUT2D eigenvalue weighted by Gasteiger charge is 2.14. The van der Waals surface area contributed by atoms with Crippen LogP contribution in [0.15, 0.2) is 77.9 Å². The Kier molecular flexibility index (Phi) is 7.48. The summed E-state index contributed by atoms with van der Waals surface area (Å²) in [5.74, 6) is -2.06. The number of nitrogens with zero attached hydrogens (tertiary/aromatic N) is 1. The van der Waals surface area contributed by atoms with E-state index in [0.29, 0.717) is 28.3 Å². The van der Waals surface area contributed by atoms with E-state index in [9.17, 15) is 18.8 Å². The van der Waals surface area contributed by atoms with Gasteiger partial charge in [0, 0.05) is 5.69 Å². The number of halogens is 1. The monoisotopic (exact) mass is 449 g/mol. The molecular weight excluding hydrogens is 429 g/mol. The van der Waals surface area contributed by atoms with Gasteiger partial charge in [-0.05, 0) is 79.2 Å². The second-order valence-electron chi connectivity index (χ2n) is 6.75. The third kappa shape index (κ3) is 6.47. The molecule has 8 nitrogen and oxygen atoms in total. The van der Waals surface area contributed by atoms with Crippen molar-refractivity contribution in [2.24, 2.45) is 5.10 Å². The number of benzene rings is 3. The Morgan fingerprint density at radius 3 is 2.21 bits per heavy atom. The maximum absolute atomic E-state index is 12.9. The molecule has 0 unspecified atom stereocenters. The summed E-state index contributed by atoms with van der Waals surface area (Å²) in [7, 11) is 1.51. The first-order valence-electron chi connectivity index (χ1n) is 9.73. The van der Waals surface area contributed by atoms with Gasteiger partial charge in [0.25, 0.3) is 0 Å². The fourth-order valence-electron chi connectivity index (χ4n) is 2.65. The molecule has 2 amide bonds. The molecule has 0 bridgehead atoms. The summed E-state index contributed by atoms with van der Waals surface area (Å²) in [6.45, 7) is 1.63. The molecule has 0 aliphatic carbocycles. The molecule has 0 spiro atoms. The smallest absolute Gasteiger partial charge is 0.343 e. The van der Waals surface area contributed by atoms with Crippen molar-refractivity contribution >= 4 is 29.2 Å². The van der Waals surface area contributed by atoms with Gasteiger partial charge in [-0.2, -0.15) is 5.10 Å². The lowest BCUT2D eigenvalue weighted by Crippen LogP contribution is -2.32. The zero-order valence-electron chi connectivity index (χ0n) is 17.8.